The maximum absolute atomic E-state index is 13.0. The number of rotatable bonds is 13. The fourth-order valence-electron chi connectivity index (χ4n) is 3.86. The minimum atomic E-state index is 0.0707. The largest absolute Gasteiger partial charge is 0.490 e. The number of unbranched alkanes of at least 4 members (excludes halogenated alkanes) is 4. The predicted octanol–water partition coefficient (Wildman–Crippen LogP) is 5.61. The number of benzene rings is 2. The first kappa shape index (κ1) is 23.0. The number of ether oxygens (including phenoxy) is 2. The lowest BCUT2D eigenvalue weighted by molar-refractivity contribution is 0.0780. The van der Waals surface area contributed by atoms with Crippen LogP contribution >= 0.6 is 0 Å². The van der Waals surface area contributed by atoms with Gasteiger partial charge in [0, 0.05) is 23.4 Å². The van der Waals surface area contributed by atoms with E-state index in [0.717, 1.165) is 73.3 Å². The maximum atomic E-state index is 13.0. The average molecular weight is 425 g/mol. The van der Waals surface area contributed by atoms with Crippen molar-refractivity contribution in [2.24, 2.45) is 0 Å². The van der Waals surface area contributed by atoms with Crippen LogP contribution in [-0.4, -0.2) is 30.6 Å². The fraction of sp³-hybridized carbons (Fsp3) is 0.500. The van der Waals surface area contributed by atoms with Gasteiger partial charge in [0.05, 0.1) is 19.8 Å². The number of nitrogen functional groups attached to an aromatic ring is 1. The first-order valence-corrected chi connectivity index (χ1v) is 11.7. The maximum Gasteiger partial charge on any atom is 0.254 e. The van der Waals surface area contributed by atoms with Gasteiger partial charge in [0.15, 0.2) is 11.5 Å². The van der Waals surface area contributed by atoms with Crippen LogP contribution in [0.2, 0.25) is 0 Å². The smallest absolute Gasteiger partial charge is 0.254 e. The second-order valence-corrected chi connectivity index (χ2v) is 8.25. The molecule has 0 radical (unpaired) electrons. The van der Waals surface area contributed by atoms with Gasteiger partial charge in [-0.25, -0.2) is 0 Å². The molecule has 31 heavy (non-hydrogen) atoms. The van der Waals surface area contributed by atoms with Crippen LogP contribution in [0, 0.1) is 0 Å². The van der Waals surface area contributed by atoms with Crippen molar-refractivity contribution in [1.29, 1.82) is 0 Å². The number of amides is 1. The highest BCUT2D eigenvalue weighted by Crippen LogP contribution is 2.39. The van der Waals surface area contributed by atoms with Crippen molar-refractivity contribution in [2.45, 2.75) is 65.3 Å². The highest BCUT2D eigenvalue weighted by atomic mass is 16.5. The Morgan fingerprint density at radius 1 is 0.903 bits per heavy atom. The number of hydrogen-bond acceptors (Lipinski definition) is 4. The fourth-order valence-corrected chi connectivity index (χ4v) is 3.86. The standard InChI is InChI=1S/C26H36N2O3/c1-3-5-7-17-30-24-14-13-22-23(25(24)31-18-8-6-4-2)19-28(26(22)29)16-15-20-9-11-21(27)12-10-20/h9-14H,3-8,15-19,27H2,1-2H3. The van der Waals surface area contributed by atoms with Gasteiger partial charge in [-0.3, -0.25) is 4.79 Å². The number of nitrogens with zero attached hydrogens (tertiary/aromatic N) is 1. The third kappa shape index (κ3) is 6.16. The molecule has 3 rings (SSSR count). The molecule has 2 N–H and O–H groups in total. The second kappa shape index (κ2) is 11.6. The normalized spacial score (nSPS) is 12.8. The third-order valence-electron chi connectivity index (χ3n) is 5.74. The van der Waals surface area contributed by atoms with Gasteiger partial charge in [-0.05, 0) is 49.1 Å². The molecule has 2 aromatic carbocycles. The van der Waals surface area contributed by atoms with E-state index in [2.05, 4.69) is 13.8 Å². The summed E-state index contributed by atoms with van der Waals surface area (Å²) in [6, 6.07) is 11.7. The summed E-state index contributed by atoms with van der Waals surface area (Å²) in [5, 5.41) is 0. The van der Waals surface area contributed by atoms with Gasteiger partial charge in [0.25, 0.3) is 5.91 Å². The monoisotopic (exact) mass is 424 g/mol. The van der Waals surface area contributed by atoms with E-state index in [1.165, 1.54) is 5.56 Å². The summed E-state index contributed by atoms with van der Waals surface area (Å²) in [4.78, 5) is 14.9. The van der Waals surface area contributed by atoms with Crippen molar-refractivity contribution in [3.8, 4) is 11.5 Å². The Bertz CT molecular complexity index is 848. The zero-order valence-electron chi connectivity index (χ0n) is 19.0. The molecule has 0 aliphatic carbocycles. The Morgan fingerprint density at radius 3 is 2.26 bits per heavy atom. The third-order valence-corrected chi connectivity index (χ3v) is 5.74. The van der Waals surface area contributed by atoms with E-state index in [0.29, 0.717) is 26.3 Å². The molecule has 0 saturated heterocycles. The first-order chi connectivity index (χ1) is 15.1. The Kier molecular flexibility index (Phi) is 8.63. The zero-order valence-corrected chi connectivity index (χ0v) is 19.0. The highest BCUT2D eigenvalue weighted by molar-refractivity contribution is 5.99. The molecule has 1 amide bonds. The summed E-state index contributed by atoms with van der Waals surface area (Å²) in [7, 11) is 0. The van der Waals surface area contributed by atoms with Crippen molar-refractivity contribution in [3.05, 3.63) is 53.1 Å². The summed E-state index contributed by atoms with van der Waals surface area (Å²) in [5.41, 5.74) is 9.41. The molecule has 1 heterocycles. The first-order valence-electron chi connectivity index (χ1n) is 11.7. The average Bonchev–Trinajstić information content (AvgIpc) is 3.10. The molecule has 0 aromatic heterocycles. The molecule has 5 heteroatoms. The summed E-state index contributed by atoms with van der Waals surface area (Å²) < 4.78 is 12.3. The van der Waals surface area contributed by atoms with Crippen LogP contribution in [0.5, 0.6) is 11.5 Å². The minimum absolute atomic E-state index is 0.0707. The summed E-state index contributed by atoms with van der Waals surface area (Å²) >= 11 is 0. The highest BCUT2D eigenvalue weighted by Gasteiger charge is 2.31. The summed E-state index contributed by atoms with van der Waals surface area (Å²) in [6.45, 7) is 6.92. The van der Waals surface area contributed by atoms with E-state index in [1.54, 1.807) is 0 Å². The van der Waals surface area contributed by atoms with Gasteiger partial charge >= 0.3 is 0 Å². The molecule has 0 unspecified atom stereocenters. The molecule has 168 valence electrons. The van der Waals surface area contributed by atoms with Gasteiger partial charge in [-0.1, -0.05) is 51.7 Å². The number of carbonyl (C=O) groups excluding carboxylic acids is 1. The van der Waals surface area contributed by atoms with E-state index in [-0.39, 0.29) is 5.91 Å². The van der Waals surface area contributed by atoms with Crippen LogP contribution in [0.15, 0.2) is 36.4 Å². The van der Waals surface area contributed by atoms with Crippen molar-refractivity contribution < 1.29 is 14.3 Å². The topological polar surface area (TPSA) is 64.8 Å². The van der Waals surface area contributed by atoms with E-state index in [9.17, 15) is 4.79 Å². The molecule has 2 aromatic rings. The van der Waals surface area contributed by atoms with Gasteiger partial charge in [0.1, 0.15) is 0 Å². The van der Waals surface area contributed by atoms with Gasteiger partial charge in [-0.15, -0.1) is 0 Å². The van der Waals surface area contributed by atoms with Crippen LogP contribution in [0.25, 0.3) is 0 Å². The number of fused-ring (bicyclic) bond motifs is 1. The van der Waals surface area contributed by atoms with Crippen molar-refractivity contribution in [3.63, 3.8) is 0 Å². The molecule has 5 nitrogen and oxygen atoms in total. The molecule has 0 spiro atoms. The van der Waals surface area contributed by atoms with Crippen LogP contribution < -0.4 is 15.2 Å². The van der Waals surface area contributed by atoms with E-state index in [4.69, 9.17) is 15.2 Å². The van der Waals surface area contributed by atoms with Crippen LogP contribution in [0.3, 0.4) is 0 Å². The number of nitrogens with two attached hydrogens (primary N) is 1. The van der Waals surface area contributed by atoms with E-state index < -0.39 is 0 Å². The predicted molar refractivity (Wildman–Crippen MR) is 126 cm³/mol. The molecule has 0 fully saturated rings. The summed E-state index contributed by atoms with van der Waals surface area (Å²) in [5.74, 6) is 1.59. The van der Waals surface area contributed by atoms with Gasteiger partial charge < -0.3 is 20.1 Å². The minimum Gasteiger partial charge on any atom is -0.490 e. The summed E-state index contributed by atoms with van der Waals surface area (Å²) in [6.07, 6.45) is 7.41. The quantitative estimate of drug-likeness (QED) is 0.335. The lowest BCUT2D eigenvalue weighted by atomic mass is 10.1. The zero-order chi connectivity index (χ0) is 22.1. The molecule has 0 bridgehead atoms. The number of carbonyl (C=O) groups is 1. The Balaban J connectivity index is 1.71. The SMILES string of the molecule is CCCCCOc1ccc2c(c1OCCCCC)CN(CCc1ccc(N)cc1)C2=O. The Labute approximate surface area is 186 Å². The van der Waals surface area contributed by atoms with Crippen molar-refractivity contribution in [1.82, 2.24) is 4.90 Å². The van der Waals surface area contributed by atoms with Crippen LogP contribution in [-0.2, 0) is 13.0 Å². The van der Waals surface area contributed by atoms with Gasteiger partial charge in [-0.2, -0.15) is 0 Å². The lowest BCUT2D eigenvalue weighted by Crippen LogP contribution is -2.26. The Hall–Kier alpha value is -2.69. The molecule has 1 aliphatic heterocycles. The molecular formula is C26H36N2O3. The molecule has 0 atom stereocenters. The number of hydrogen-bond donors (Lipinski definition) is 1. The Morgan fingerprint density at radius 2 is 1.58 bits per heavy atom. The number of anilines is 1. The molecular weight excluding hydrogens is 388 g/mol. The van der Waals surface area contributed by atoms with Crippen molar-refractivity contribution in [2.75, 3.05) is 25.5 Å². The molecule has 1 aliphatic rings. The lowest BCUT2D eigenvalue weighted by Gasteiger charge is -2.17. The van der Waals surface area contributed by atoms with E-state index in [1.807, 2.05) is 41.3 Å². The van der Waals surface area contributed by atoms with E-state index >= 15 is 0 Å². The van der Waals surface area contributed by atoms with Gasteiger partial charge in [0.2, 0.25) is 0 Å². The van der Waals surface area contributed by atoms with Crippen molar-refractivity contribution >= 4 is 11.6 Å². The second-order valence-electron chi connectivity index (χ2n) is 8.25. The van der Waals surface area contributed by atoms with Crippen LogP contribution in [0.1, 0.15) is 73.9 Å². The molecule has 0 saturated carbocycles. The van der Waals surface area contributed by atoms with Crippen LogP contribution in [0.4, 0.5) is 5.69 Å².